The van der Waals surface area contributed by atoms with Crippen LogP contribution in [0.2, 0.25) is 18.1 Å². The predicted octanol–water partition coefficient (Wildman–Crippen LogP) is 3.23. The number of hydrogen-bond acceptors (Lipinski definition) is 9. The summed E-state index contributed by atoms with van der Waals surface area (Å²) in [7, 11) is 1.07. The molecule has 0 aromatic carbocycles. The van der Waals surface area contributed by atoms with E-state index in [9.17, 15) is 24.0 Å². The van der Waals surface area contributed by atoms with Gasteiger partial charge in [0.05, 0.1) is 24.0 Å². The molecule has 2 heterocycles. The molecule has 2 aliphatic rings. The Labute approximate surface area is 243 Å². The fourth-order valence-electron chi connectivity index (χ4n) is 4.50. The van der Waals surface area contributed by atoms with Gasteiger partial charge in [-0.05, 0) is 31.5 Å². The minimum atomic E-state index is -2.11. The molecule has 0 spiro atoms. The molecule has 13 heteroatoms. The van der Waals surface area contributed by atoms with Gasteiger partial charge in [0.2, 0.25) is 18.6 Å². The maximum atomic E-state index is 13.3. The van der Waals surface area contributed by atoms with E-state index in [2.05, 4.69) is 39.2 Å². The zero-order valence-electron chi connectivity index (χ0n) is 25.7. The number of nitrogens with one attached hydrogen (secondary N) is 1. The average Bonchev–Trinajstić information content (AvgIpc) is 3.23. The lowest BCUT2D eigenvalue weighted by atomic mass is 9.79. The molecule has 0 saturated carbocycles. The number of carbonyl (C=O) groups is 5. The van der Waals surface area contributed by atoms with Gasteiger partial charge in [0.25, 0.3) is 0 Å². The van der Waals surface area contributed by atoms with Gasteiger partial charge in [-0.1, -0.05) is 53.3 Å². The summed E-state index contributed by atoms with van der Waals surface area (Å²) in [6, 6.07) is -1.16. The smallest absolute Gasteiger partial charge is 0.413 e. The second-order valence-corrected chi connectivity index (χ2v) is 18.8. The molecule has 0 aromatic heterocycles. The highest BCUT2D eigenvalue weighted by molar-refractivity contribution is 8.14. The monoisotopic (exact) mass is 601 g/mol. The lowest BCUT2D eigenvalue weighted by Crippen LogP contribution is -2.66. The van der Waals surface area contributed by atoms with Crippen LogP contribution in [0.3, 0.4) is 0 Å². The van der Waals surface area contributed by atoms with E-state index in [-0.39, 0.29) is 58.2 Å². The zero-order chi connectivity index (χ0) is 30.7. The molecule has 6 atom stereocenters. The van der Waals surface area contributed by atoms with Crippen LogP contribution in [0.4, 0.5) is 4.79 Å². The average molecular weight is 602 g/mol. The Morgan fingerprint density at radius 1 is 1.10 bits per heavy atom. The lowest BCUT2D eigenvalue weighted by molar-refractivity contribution is -0.156. The molecule has 2 saturated heterocycles. The molecule has 0 aliphatic carbocycles. The number of likely N-dealkylation sites (tertiary alicyclic amines) is 1. The Hall–Kier alpha value is -2.12. The van der Waals surface area contributed by atoms with E-state index in [1.54, 1.807) is 34.9 Å². The van der Waals surface area contributed by atoms with Crippen molar-refractivity contribution in [3.63, 3.8) is 0 Å². The van der Waals surface area contributed by atoms with Crippen molar-refractivity contribution in [1.82, 2.24) is 15.1 Å². The van der Waals surface area contributed by atoms with Gasteiger partial charge >= 0.3 is 12.1 Å². The molecular formula is C27H47N3O8SSi. The van der Waals surface area contributed by atoms with E-state index in [4.69, 9.17) is 13.9 Å². The van der Waals surface area contributed by atoms with Crippen LogP contribution < -0.4 is 5.32 Å². The van der Waals surface area contributed by atoms with Crippen molar-refractivity contribution in [1.29, 1.82) is 0 Å². The summed E-state index contributed by atoms with van der Waals surface area (Å²) in [5, 5.41) is 2.40. The van der Waals surface area contributed by atoms with Crippen molar-refractivity contribution in [2.75, 3.05) is 27.4 Å². The Balaban J connectivity index is 2.05. The summed E-state index contributed by atoms with van der Waals surface area (Å²) < 4.78 is 16.5. The van der Waals surface area contributed by atoms with Crippen LogP contribution in [-0.4, -0.2) is 98.0 Å². The zero-order valence-corrected chi connectivity index (χ0v) is 27.5. The van der Waals surface area contributed by atoms with Crippen molar-refractivity contribution < 1.29 is 37.9 Å². The largest absolute Gasteiger partial charge is 0.428 e. The minimum absolute atomic E-state index is 0.0135. The van der Waals surface area contributed by atoms with Gasteiger partial charge in [-0.2, -0.15) is 0 Å². The van der Waals surface area contributed by atoms with Crippen molar-refractivity contribution >= 4 is 49.1 Å². The highest BCUT2D eigenvalue weighted by Crippen LogP contribution is 2.40. The molecule has 1 N–H and O–H groups in total. The van der Waals surface area contributed by atoms with Crippen molar-refractivity contribution in [2.24, 2.45) is 17.8 Å². The van der Waals surface area contributed by atoms with Crippen LogP contribution in [0, 0.1) is 17.8 Å². The summed E-state index contributed by atoms with van der Waals surface area (Å²) in [6.45, 7) is 17.3. The number of nitrogens with zero attached hydrogens (tertiary/aromatic N) is 2. The summed E-state index contributed by atoms with van der Waals surface area (Å²) >= 11 is 1.08. The first-order chi connectivity index (χ1) is 18.3. The molecule has 0 aromatic rings. The second kappa shape index (κ2) is 13.2. The molecule has 0 unspecified atom stereocenters. The molecule has 2 rings (SSSR count). The van der Waals surface area contributed by atoms with E-state index >= 15 is 0 Å². The van der Waals surface area contributed by atoms with Gasteiger partial charge in [-0.25, -0.2) is 4.79 Å². The van der Waals surface area contributed by atoms with E-state index in [1.807, 2.05) is 6.92 Å². The second-order valence-electron chi connectivity index (χ2n) is 12.8. The molecule has 0 radical (unpaired) electrons. The molecule has 40 heavy (non-hydrogen) atoms. The Bertz CT molecular complexity index is 983. The maximum absolute atomic E-state index is 13.3. The Morgan fingerprint density at radius 2 is 1.70 bits per heavy atom. The molecular weight excluding hydrogens is 554 g/mol. The van der Waals surface area contributed by atoms with Gasteiger partial charge < -0.3 is 24.1 Å². The van der Waals surface area contributed by atoms with E-state index in [1.165, 1.54) is 9.80 Å². The normalized spacial score (nSPS) is 24.6. The highest BCUT2D eigenvalue weighted by atomic mass is 32.2. The Morgan fingerprint density at radius 3 is 2.20 bits per heavy atom. The first-order valence-corrected chi connectivity index (χ1v) is 17.6. The highest BCUT2D eigenvalue weighted by Gasteiger charge is 2.51. The van der Waals surface area contributed by atoms with Gasteiger partial charge in [-0.15, -0.1) is 0 Å². The number of thioether (sulfide) groups is 1. The maximum Gasteiger partial charge on any atom is 0.413 e. The van der Waals surface area contributed by atoms with Crippen LogP contribution in [0.1, 0.15) is 54.9 Å². The SMILES string of the molecule is CC(C)C(=O)OCOC(=O)N1C[C@@H](SC(=O)[C@H](C)[C@H]2NC(=O)[C@@H]2[C@@H](C)O[Si](C)(C)C(C)(C)C)C[C@H]1C(=O)N(C)C. The first kappa shape index (κ1) is 34.1. The number of carbonyl (C=O) groups excluding carboxylic acids is 5. The molecule has 3 amide bonds. The number of ether oxygens (including phenoxy) is 2. The van der Waals surface area contributed by atoms with Gasteiger partial charge in [0, 0.05) is 31.8 Å². The fourth-order valence-corrected chi connectivity index (χ4v) is 7.13. The van der Waals surface area contributed by atoms with Crippen LogP contribution in [0.5, 0.6) is 0 Å². The van der Waals surface area contributed by atoms with Crippen LogP contribution >= 0.6 is 11.8 Å². The summed E-state index contributed by atoms with van der Waals surface area (Å²) in [6.07, 6.45) is -0.849. The first-order valence-electron chi connectivity index (χ1n) is 13.8. The third kappa shape index (κ3) is 8.00. The van der Waals surface area contributed by atoms with Gasteiger partial charge in [0.15, 0.2) is 13.4 Å². The molecule has 228 valence electrons. The third-order valence-electron chi connectivity index (χ3n) is 8.06. The van der Waals surface area contributed by atoms with Crippen molar-refractivity contribution in [2.45, 2.75) is 96.5 Å². The van der Waals surface area contributed by atoms with Gasteiger partial charge in [-0.3, -0.25) is 24.1 Å². The summed E-state index contributed by atoms with van der Waals surface area (Å²) in [4.78, 5) is 65.8. The van der Waals surface area contributed by atoms with Crippen molar-refractivity contribution in [3.8, 4) is 0 Å². The van der Waals surface area contributed by atoms with Crippen LogP contribution in [0.15, 0.2) is 0 Å². The number of rotatable bonds is 10. The number of esters is 1. The van der Waals surface area contributed by atoms with Crippen molar-refractivity contribution in [3.05, 3.63) is 0 Å². The lowest BCUT2D eigenvalue weighted by Gasteiger charge is -2.46. The topological polar surface area (TPSA) is 132 Å². The Kier molecular flexibility index (Phi) is 11.3. The number of amides is 3. The molecule has 0 bridgehead atoms. The van der Waals surface area contributed by atoms with E-state index in [0.29, 0.717) is 0 Å². The van der Waals surface area contributed by atoms with Crippen LogP contribution in [0.25, 0.3) is 0 Å². The number of β-lactam (4-membered cyclic amide) rings is 1. The summed E-state index contributed by atoms with van der Waals surface area (Å²) in [5.74, 6) is -2.20. The molecule has 2 aliphatic heterocycles. The van der Waals surface area contributed by atoms with E-state index < -0.39 is 45.1 Å². The summed E-state index contributed by atoms with van der Waals surface area (Å²) in [5.41, 5.74) is 0. The number of likely N-dealkylation sites (N-methyl/N-ethyl adjacent to an activating group) is 1. The molecule has 2 fully saturated rings. The predicted molar refractivity (Wildman–Crippen MR) is 155 cm³/mol. The third-order valence-corrected chi connectivity index (χ3v) is 13.9. The fraction of sp³-hybridized carbons (Fsp3) is 0.815. The van der Waals surface area contributed by atoms with Gasteiger partial charge in [0.1, 0.15) is 6.04 Å². The quantitative estimate of drug-likeness (QED) is 0.173. The van der Waals surface area contributed by atoms with Crippen LogP contribution in [-0.2, 0) is 33.1 Å². The minimum Gasteiger partial charge on any atom is -0.428 e. The van der Waals surface area contributed by atoms with E-state index in [0.717, 1.165) is 11.8 Å². The standard InChI is InChI=1S/C27H47N3O8SSi/c1-15(2)24(33)36-14-37-26(35)30-13-18(12-19(30)23(32)29(8)9)39-25(34)16(3)21-20(22(31)28-21)17(4)38-40(10,11)27(5,6)7/h15-21H,12-14H2,1-11H3,(H,28,31)/t16-,17-,18+,19+,20-,21-/m1/s1. The number of hydrogen-bond donors (Lipinski definition) is 1. The molecule has 11 nitrogen and oxygen atoms in total.